The summed E-state index contributed by atoms with van der Waals surface area (Å²) >= 11 is 0. The quantitative estimate of drug-likeness (QED) is 0.486. The van der Waals surface area contributed by atoms with Crippen molar-refractivity contribution in [2.45, 2.75) is 12.6 Å². The number of amides is 1. The van der Waals surface area contributed by atoms with Gasteiger partial charge in [0, 0.05) is 25.0 Å². The van der Waals surface area contributed by atoms with Gasteiger partial charge < -0.3 is 19.8 Å². The number of ether oxygens (including phenoxy) is 2. The lowest BCUT2D eigenvalue weighted by Crippen LogP contribution is -2.49. The first kappa shape index (κ1) is 21.0. The van der Waals surface area contributed by atoms with Crippen molar-refractivity contribution in [2.24, 2.45) is 0 Å². The minimum absolute atomic E-state index is 0.236. The van der Waals surface area contributed by atoms with Gasteiger partial charge in [-0.25, -0.2) is 14.8 Å². The number of fused-ring (bicyclic) bond motifs is 1. The van der Waals surface area contributed by atoms with E-state index in [1.54, 1.807) is 18.2 Å². The molecule has 1 amide bonds. The first-order valence-corrected chi connectivity index (χ1v) is 10.9. The summed E-state index contributed by atoms with van der Waals surface area (Å²) < 4.78 is 11.1. The predicted molar refractivity (Wildman–Crippen MR) is 125 cm³/mol. The number of nitrogens with zero attached hydrogens (tertiary/aromatic N) is 3. The normalized spacial score (nSPS) is 16.0. The fourth-order valence-corrected chi connectivity index (χ4v) is 4.06. The van der Waals surface area contributed by atoms with Crippen LogP contribution in [-0.2, 0) is 11.3 Å². The summed E-state index contributed by atoms with van der Waals surface area (Å²) in [6.07, 6.45) is 1.40. The molecule has 33 heavy (non-hydrogen) atoms. The van der Waals surface area contributed by atoms with E-state index >= 15 is 0 Å². The van der Waals surface area contributed by atoms with Gasteiger partial charge in [0.25, 0.3) is 0 Å². The van der Waals surface area contributed by atoms with Crippen LogP contribution in [0, 0.1) is 0 Å². The van der Waals surface area contributed by atoms with Gasteiger partial charge in [0.05, 0.1) is 30.1 Å². The summed E-state index contributed by atoms with van der Waals surface area (Å²) in [4.78, 5) is 27.2. The third-order valence-electron chi connectivity index (χ3n) is 5.77. The van der Waals surface area contributed by atoms with Gasteiger partial charge in [-0.15, -0.1) is 0 Å². The molecular formula is C25H25N5O3. The number of benzene rings is 2. The first-order valence-electron chi connectivity index (χ1n) is 10.9. The molecule has 168 valence electrons. The summed E-state index contributed by atoms with van der Waals surface area (Å²) in [6.45, 7) is 2.06. The number of carbonyl (C=O) groups is 1. The molecule has 3 heterocycles. The van der Waals surface area contributed by atoms with E-state index in [4.69, 9.17) is 9.47 Å². The molecule has 1 aliphatic heterocycles. The zero-order valence-electron chi connectivity index (χ0n) is 18.3. The number of nitrogens with one attached hydrogen (secondary N) is 2. The Morgan fingerprint density at radius 2 is 1.97 bits per heavy atom. The molecule has 0 saturated carbocycles. The van der Waals surface area contributed by atoms with Crippen LogP contribution in [0.3, 0.4) is 0 Å². The van der Waals surface area contributed by atoms with Crippen molar-refractivity contribution < 1.29 is 14.3 Å². The van der Waals surface area contributed by atoms with Crippen molar-refractivity contribution in [1.29, 1.82) is 0 Å². The van der Waals surface area contributed by atoms with Crippen LogP contribution in [0.1, 0.15) is 17.4 Å². The van der Waals surface area contributed by atoms with E-state index in [0.29, 0.717) is 31.3 Å². The van der Waals surface area contributed by atoms with Gasteiger partial charge in [0.1, 0.15) is 18.5 Å². The van der Waals surface area contributed by atoms with Crippen LogP contribution in [0.4, 0.5) is 4.79 Å². The second-order valence-electron chi connectivity index (χ2n) is 7.87. The molecule has 8 heteroatoms. The van der Waals surface area contributed by atoms with E-state index in [9.17, 15) is 4.79 Å². The maximum Gasteiger partial charge on any atom is 0.410 e. The Balaban J connectivity index is 1.38. The molecule has 0 spiro atoms. The van der Waals surface area contributed by atoms with Crippen LogP contribution < -0.4 is 10.1 Å². The third kappa shape index (κ3) is 4.38. The molecular weight excluding hydrogens is 418 g/mol. The number of hydrogen-bond donors (Lipinski definition) is 2. The third-order valence-corrected chi connectivity index (χ3v) is 5.77. The smallest absolute Gasteiger partial charge is 0.410 e. The molecule has 1 unspecified atom stereocenters. The van der Waals surface area contributed by atoms with Crippen molar-refractivity contribution in [3.05, 3.63) is 78.2 Å². The molecule has 8 nitrogen and oxygen atoms in total. The number of aromatic nitrogens is 3. The Kier molecular flexibility index (Phi) is 5.91. The molecule has 0 aliphatic carbocycles. The molecule has 5 rings (SSSR count). The van der Waals surface area contributed by atoms with Crippen molar-refractivity contribution in [3.63, 3.8) is 0 Å². The molecule has 0 radical (unpaired) electrons. The van der Waals surface area contributed by atoms with Gasteiger partial charge in [0.15, 0.2) is 0 Å². The molecule has 2 aromatic heterocycles. The fourth-order valence-electron chi connectivity index (χ4n) is 4.06. The number of rotatable bonds is 5. The number of imidazole rings is 1. The highest BCUT2D eigenvalue weighted by Crippen LogP contribution is 2.32. The molecule has 1 fully saturated rings. The second kappa shape index (κ2) is 9.30. The topological polar surface area (TPSA) is 92.4 Å². The molecule has 1 saturated heterocycles. The highest BCUT2D eigenvalue weighted by Gasteiger charge is 2.31. The first-order chi connectivity index (χ1) is 16.2. The lowest BCUT2D eigenvalue weighted by atomic mass is 10.1. The van der Waals surface area contributed by atoms with Crippen LogP contribution in [-0.4, -0.2) is 52.7 Å². The minimum Gasteiger partial charge on any atom is -0.480 e. The molecule has 1 atom stereocenters. The van der Waals surface area contributed by atoms with Crippen molar-refractivity contribution in [3.8, 4) is 17.1 Å². The van der Waals surface area contributed by atoms with E-state index < -0.39 is 0 Å². The Morgan fingerprint density at radius 3 is 2.82 bits per heavy atom. The summed E-state index contributed by atoms with van der Waals surface area (Å²) in [7, 11) is 1.60. The average molecular weight is 444 g/mol. The lowest BCUT2D eigenvalue weighted by Gasteiger charge is -2.34. The van der Waals surface area contributed by atoms with Gasteiger partial charge in [0.2, 0.25) is 5.88 Å². The Bertz CT molecular complexity index is 1260. The van der Waals surface area contributed by atoms with E-state index in [0.717, 1.165) is 27.7 Å². The zero-order chi connectivity index (χ0) is 22.6. The van der Waals surface area contributed by atoms with Gasteiger partial charge in [-0.3, -0.25) is 4.90 Å². The fraction of sp³-hybridized carbons (Fsp3) is 0.240. The molecule has 0 bridgehead atoms. The molecule has 4 aromatic rings. The predicted octanol–water partition coefficient (Wildman–Crippen LogP) is 3.92. The second-order valence-corrected chi connectivity index (χ2v) is 7.87. The summed E-state index contributed by atoms with van der Waals surface area (Å²) in [6, 6.07) is 19.3. The maximum absolute atomic E-state index is 12.9. The number of hydrogen-bond acceptors (Lipinski definition) is 6. The van der Waals surface area contributed by atoms with Crippen LogP contribution in [0.15, 0.2) is 66.9 Å². The van der Waals surface area contributed by atoms with E-state index in [1.807, 2.05) is 60.7 Å². The molecule has 1 aliphatic rings. The average Bonchev–Trinajstić information content (AvgIpc) is 3.37. The van der Waals surface area contributed by atoms with Crippen LogP contribution in [0.25, 0.3) is 22.2 Å². The van der Waals surface area contributed by atoms with Gasteiger partial charge >= 0.3 is 6.09 Å². The number of carbonyl (C=O) groups excluding carboxylic acids is 1. The largest absolute Gasteiger partial charge is 0.480 e. The lowest BCUT2D eigenvalue weighted by molar-refractivity contribution is 0.0703. The Labute approximate surface area is 191 Å². The Hall–Kier alpha value is -3.91. The molecule has 2 N–H and O–H groups in total. The number of methoxy groups -OCH3 is 1. The Morgan fingerprint density at radius 1 is 1.15 bits per heavy atom. The van der Waals surface area contributed by atoms with Gasteiger partial charge in [-0.05, 0) is 17.7 Å². The van der Waals surface area contributed by atoms with Crippen molar-refractivity contribution in [2.75, 3.05) is 26.7 Å². The van der Waals surface area contributed by atoms with E-state index in [-0.39, 0.29) is 18.7 Å². The van der Waals surface area contributed by atoms with Crippen molar-refractivity contribution >= 4 is 17.0 Å². The number of piperazine rings is 1. The molecule has 2 aromatic carbocycles. The van der Waals surface area contributed by atoms with Gasteiger partial charge in [-0.1, -0.05) is 48.5 Å². The van der Waals surface area contributed by atoms with Crippen LogP contribution in [0.5, 0.6) is 5.88 Å². The number of pyridine rings is 1. The van der Waals surface area contributed by atoms with E-state index in [1.165, 1.54) is 0 Å². The van der Waals surface area contributed by atoms with E-state index in [2.05, 4.69) is 20.3 Å². The SMILES string of the molecule is COc1nc2ccccc2cc1-c1cnc(C2CNCCN2C(=O)OCc2ccccc2)[nH]1. The van der Waals surface area contributed by atoms with Crippen LogP contribution >= 0.6 is 0 Å². The highest BCUT2D eigenvalue weighted by atomic mass is 16.6. The minimum atomic E-state index is -0.353. The van der Waals surface area contributed by atoms with Gasteiger partial charge in [-0.2, -0.15) is 0 Å². The van der Waals surface area contributed by atoms with Crippen molar-refractivity contribution in [1.82, 2.24) is 25.2 Å². The number of H-pyrrole nitrogens is 1. The number of para-hydroxylation sites is 1. The van der Waals surface area contributed by atoms with Crippen LogP contribution in [0.2, 0.25) is 0 Å². The number of aromatic amines is 1. The highest BCUT2D eigenvalue weighted by molar-refractivity contribution is 5.85. The monoisotopic (exact) mass is 443 g/mol. The summed E-state index contributed by atoms with van der Waals surface area (Å²) in [5.41, 5.74) is 3.41. The standard InChI is InChI=1S/C25H25N5O3/c1-32-24-19(13-18-9-5-6-10-20(18)29-24)21-14-27-23(28-21)22-15-26-11-12-30(22)25(31)33-16-17-7-3-2-4-8-17/h2-10,13-14,22,26H,11-12,15-16H2,1H3,(H,27,28). The maximum atomic E-state index is 12.9. The summed E-state index contributed by atoms with van der Waals surface area (Å²) in [5, 5.41) is 4.35. The zero-order valence-corrected chi connectivity index (χ0v) is 18.3. The summed E-state index contributed by atoms with van der Waals surface area (Å²) in [5.74, 6) is 1.20.